The third kappa shape index (κ3) is 2.86. The van der Waals surface area contributed by atoms with Crippen molar-refractivity contribution in [3.63, 3.8) is 0 Å². The molecule has 0 bridgehead atoms. The van der Waals surface area contributed by atoms with Gasteiger partial charge in [0.25, 0.3) is 0 Å². The van der Waals surface area contributed by atoms with Crippen molar-refractivity contribution in [3.05, 3.63) is 59.4 Å². The zero-order valence-electron chi connectivity index (χ0n) is 12.2. The molecule has 22 heavy (non-hydrogen) atoms. The van der Waals surface area contributed by atoms with Gasteiger partial charge in [-0.05, 0) is 12.5 Å². The van der Waals surface area contributed by atoms with Crippen LogP contribution < -0.4 is 0 Å². The summed E-state index contributed by atoms with van der Waals surface area (Å²) in [5.74, 6) is -1.94. The Kier molecular flexibility index (Phi) is 3.92. The average molecular weight is 300 g/mol. The van der Waals surface area contributed by atoms with Gasteiger partial charge in [0.05, 0.1) is 18.8 Å². The monoisotopic (exact) mass is 300 g/mol. The van der Waals surface area contributed by atoms with E-state index in [4.69, 9.17) is 14.2 Å². The molecule has 5 heteroatoms. The van der Waals surface area contributed by atoms with Crippen molar-refractivity contribution in [2.45, 2.75) is 19.3 Å². The van der Waals surface area contributed by atoms with Crippen LogP contribution in [-0.4, -0.2) is 30.6 Å². The molecule has 0 radical (unpaired) electrons. The van der Waals surface area contributed by atoms with Gasteiger partial charge in [0.15, 0.2) is 5.79 Å². The largest absolute Gasteiger partial charge is 0.488 e. The fourth-order valence-electron chi connectivity index (χ4n) is 2.42. The van der Waals surface area contributed by atoms with Crippen molar-refractivity contribution < 1.29 is 23.8 Å². The lowest BCUT2D eigenvalue weighted by molar-refractivity contribution is -0.133. The molecule has 5 nitrogen and oxygen atoms in total. The first-order chi connectivity index (χ1) is 10.6. The Balaban J connectivity index is 1.83. The number of carbonyl (C=O) groups excluding carboxylic acids is 2. The van der Waals surface area contributed by atoms with E-state index in [0.29, 0.717) is 31.2 Å². The SMILES string of the molecule is CC1(C2=CC(=O)C(=O)C=C2OCc2ccccc2)OCCO1. The maximum Gasteiger partial charge on any atom is 0.229 e. The second-order valence-corrected chi connectivity index (χ2v) is 5.21. The lowest BCUT2D eigenvalue weighted by Crippen LogP contribution is -2.33. The summed E-state index contributed by atoms with van der Waals surface area (Å²) in [4.78, 5) is 23.3. The van der Waals surface area contributed by atoms with E-state index >= 15 is 0 Å². The van der Waals surface area contributed by atoms with Crippen LogP contribution in [0.1, 0.15) is 12.5 Å². The molecule has 1 aromatic rings. The molecule has 2 aliphatic rings. The Labute approximate surface area is 128 Å². The fraction of sp³-hybridized carbons (Fsp3) is 0.294. The summed E-state index contributed by atoms with van der Waals surface area (Å²) in [6.07, 6.45) is 2.45. The van der Waals surface area contributed by atoms with Gasteiger partial charge in [0.1, 0.15) is 12.4 Å². The van der Waals surface area contributed by atoms with Gasteiger partial charge in [-0.2, -0.15) is 0 Å². The molecule has 0 spiro atoms. The van der Waals surface area contributed by atoms with Crippen molar-refractivity contribution in [1.29, 1.82) is 0 Å². The first kappa shape index (κ1) is 14.7. The third-order valence-corrected chi connectivity index (χ3v) is 3.61. The van der Waals surface area contributed by atoms with E-state index in [1.165, 1.54) is 12.2 Å². The molecule has 0 amide bonds. The van der Waals surface area contributed by atoms with E-state index in [-0.39, 0.29) is 0 Å². The van der Waals surface area contributed by atoms with E-state index in [1.54, 1.807) is 6.92 Å². The maximum atomic E-state index is 11.7. The number of carbonyl (C=O) groups is 2. The van der Waals surface area contributed by atoms with Gasteiger partial charge < -0.3 is 14.2 Å². The average Bonchev–Trinajstić information content (AvgIpc) is 2.97. The Bertz CT molecular complexity index is 651. The first-order valence-corrected chi connectivity index (χ1v) is 7.06. The van der Waals surface area contributed by atoms with Gasteiger partial charge in [-0.1, -0.05) is 30.3 Å². The third-order valence-electron chi connectivity index (χ3n) is 3.61. The lowest BCUT2D eigenvalue weighted by atomic mass is 9.96. The molecule has 1 saturated heterocycles. The number of hydrogen-bond acceptors (Lipinski definition) is 5. The summed E-state index contributed by atoms with van der Waals surface area (Å²) in [5.41, 5.74) is 1.41. The predicted molar refractivity (Wildman–Crippen MR) is 77.7 cm³/mol. The van der Waals surface area contributed by atoms with Crippen LogP contribution in [0.5, 0.6) is 0 Å². The molecule has 1 aliphatic carbocycles. The molecular formula is C17H16O5. The second-order valence-electron chi connectivity index (χ2n) is 5.21. The molecular weight excluding hydrogens is 284 g/mol. The van der Waals surface area contributed by atoms with E-state index < -0.39 is 17.4 Å². The summed E-state index contributed by atoms with van der Waals surface area (Å²) in [7, 11) is 0. The molecule has 1 heterocycles. The summed E-state index contributed by atoms with van der Waals surface area (Å²) in [5, 5.41) is 0. The highest BCUT2D eigenvalue weighted by atomic mass is 16.7. The lowest BCUT2D eigenvalue weighted by Gasteiger charge is -2.28. The van der Waals surface area contributed by atoms with Gasteiger partial charge >= 0.3 is 0 Å². The first-order valence-electron chi connectivity index (χ1n) is 7.06. The molecule has 3 rings (SSSR count). The predicted octanol–water partition coefficient (Wildman–Crippen LogP) is 1.93. The molecule has 0 saturated carbocycles. The van der Waals surface area contributed by atoms with Crippen LogP contribution in [-0.2, 0) is 30.4 Å². The van der Waals surface area contributed by atoms with Gasteiger partial charge in [-0.25, -0.2) is 0 Å². The molecule has 0 atom stereocenters. The Morgan fingerprint density at radius 2 is 1.68 bits per heavy atom. The normalized spacial score (nSPS) is 20.6. The minimum absolute atomic E-state index is 0.293. The van der Waals surface area contributed by atoms with Gasteiger partial charge in [0, 0.05) is 12.2 Å². The summed E-state index contributed by atoms with van der Waals surface area (Å²) in [6, 6.07) is 9.57. The maximum absolute atomic E-state index is 11.7. The minimum Gasteiger partial charge on any atom is -0.488 e. The topological polar surface area (TPSA) is 61.8 Å². The van der Waals surface area contributed by atoms with Crippen LogP contribution in [0.3, 0.4) is 0 Å². The molecule has 1 aliphatic heterocycles. The van der Waals surface area contributed by atoms with Gasteiger partial charge in [-0.3, -0.25) is 9.59 Å². The summed E-state index contributed by atoms with van der Waals surface area (Å²) < 4.78 is 16.9. The standard InChI is InChI=1S/C17H16O5/c1-17(21-7-8-22-17)13-9-14(18)15(19)10-16(13)20-11-12-5-3-2-4-6-12/h2-6,9-10H,7-8,11H2,1H3. The van der Waals surface area contributed by atoms with Crippen molar-refractivity contribution in [2.75, 3.05) is 13.2 Å². The van der Waals surface area contributed by atoms with E-state index in [0.717, 1.165) is 5.56 Å². The molecule has 0 aromatic heterocycles. The fourth-order valence-corrected chi connectivity index (χ4v) is 2.42. The van der Waals surface area contributed by atoms with E-state index in [2.05, 4.69) is 0 Å². The van der Waals surface area contributed by atoms with Crippen LogP contribution in [0.15, 0.2) is 53.8 Å². The molecule has 114 valence electrons. The van der Waals surface area contributed by atoms with E-state index in [1.807, 2.05) is 30.3 Å². The second kappa shape index (κ2) is 5.87. The Morgan fingerprint density at radius 3 is 2.36 bits per heavy atom. The van der Waals surface area contributed by atoms with Gasteiger partial charge in [0.2, 0.25) is 11.6 Å². The van der Waals surface area contributed by atoms with Crippen molar-refractivity contribution >= 4 is 11.6 Å². The zero-order valence-corrected chi connectivity index (χ0v) is 12.2. The quantitative estimate of drug-likeness (QED) is 0.628. The zero-order chi connectivity index (χ0) is 15.6. The van der Waals surface area contributed by atoms with Gasteiger partial charge in [-0.15, -0.1) is 0 Å². The number of ketones is 2. The Hall–Kier alpha value is -2.24. The number of benzene rings is 1. The molecule has 1 aromatic carbocycles. The summed E-state index contributed by atoms with van der Waals surface area (Å²) in [6.45, 7) is 2.88. The van der Waals surface area contributed by atoms with Crippen LogP contribution >= 0.6 is 0 Å². The van der Waals surface area contributed by atoms with E-state index in [9.17, 15) is 9.59 Å². The highest BCUT2D eigenvalue weighted by Crippen LogP contribution is 2.34. The molecule has 1 fully saturated rings. The van der Waals surface area contributed by atoms with Crippen LogP contribution in [0.2, 0.25) is 0 Å². The number of ether oxygens (including phenoxy) is 3. The Morgan fingerprint density at radius 1 is 1.05 bits per heavy atom. The number of allylic oxidation sites excluding steroid dienone is 2. The van der Waals surface area contributed by atoms with Crippen LogP contribution in [0.4, 0.5) is 0 Å². The highest BCUT2D eigenvalue weighted by molar-refractivity contribution is 6.46. The number of rotatable bonds is 4. The van der Waals surface area contributed by atoms with Crippen molar-refractivity contribution in [2.24, 2.45) is 0 Å². The summed E-state index contributed by atoms with van der Waals surface area (Å²) >= 11 is 0. The molecule has 0 unspecified atom stereocenters. The number of hydrogen-bond donors (Lipinski definition) is 0. The van der Waals surface area contributed by atoms with Crippen molar-refractivity contribution in [3.8, 4) is 0 Å². The molecule has 0 N–H and O–H groups in total. The van der Waals surface area contributed by atoms with Crippen LogP contribution in [0.25, 0.3) is 0 Å². The smallest absolute Gasteiger partial charge is 0.229 e. The van der Waals surface area contributed by atoms with Crippen molar-refractivity contribution in [1.82, 2.24) is 0 Å². The van der Waals surface area contributed by atoms with Crippen LogP contribution in [0, 0.1) is 0 Å². The highest BCUT2D eigenvalue weighted by Gasteiger charge is 2.40. The minimum atomic E-state index is -1.06.